The van der Waals surface area contributed by atoms with E-state index in [-0.39, 0.29) is 23.8 Å². The molecule has 1 aromatic carbocycles. The number of hydrogen-bond donors (Lipinski definition) is 1. The van der Waals surface area contributed by atoms with Crippen LogP contribution in [0.3, 0.4) is 0 Å². The molecule has 0 bridgehead atoms. The van der Waals surface area contributed by atoms with Crippen molar-refractivity contribution < 1.29 is 14.6 Å². The number of rotatable bonds is 5. The van der Waals surface area contributed by atoms with Gasteiger partial charge in [-0.25, -0.2) is 0 Å². The quantitative estimate of drug-likeness (QED) is 0.628. The number of carbonyl (C=O) groups excluding carboxylic acids is 1. The summed E-state index contributed by atoms with van der Waals surface area (Å²) in [4.78, 5) is 32.6. The van der Waals surface area contributed by atoms with E-state index in [4.69, 9.17) is 0 Å². The van der Waals surface area contributed by atoms with Crippen molar-refractivity contribution in [2.24, 2.45) is 0 Å². The molecule has 102 valence electrons. The van der Waals surface area contributed by atoms with Crippen molar-refractivity contribution in [3.05, 3.63) is 38.4 Å². The Morgan fingerprint density at radius 3 is 2.37 bits per heavy atom. The number of nitrogens with one attached hydrogen (secondary N) is 1. The van der Waals surface area contributed by atoms with Gasteiger partial charge in [-0.05, 0) is 6.07 Å². The summed E-state index contributed by atoms with van der Waals surface area (Å²) in [6.45, 7) is -0.133. The third-order valence-electron chi connectivity index (χ3n) is 2.32. The number of anilines is 1. The van der Waals surface area contributed by atoms with Crippen LogP contribution in [-0.4, -0.2) is 41.3 Å². The van der Waals surface area contributed by atoms with Gasteiger partial charge in [-0.2, -0.15) is 0 Å². The summed E-state index contributed by atoms with van der Waals surface area (Å²) in [5, 5.41) is 24.0. The van der Waals surface area contributed by atoms with Crippen LogP contribution in [0.4, 0.5) is 17.1 Å². The fourth-order valence-corrected chi connectivity index (χ4v) is 1.26. The van der Waals surface area contributed by atoms with Crippen molar-refractivity contribution in [2.75, 3.05) is 26.0 Å². The van der Waals surface area contributed by atoms with E-state index in [2.05, 4.69) is 5.32 Å². The van der Waals surface area contributed by atoms with Crippen LogP contribution >= 0.6 is 0 Å². The molecule has 0 spiro atoms. The van der Waals surface area contributed by atoms with Crippen molar-refractivity contribution in [2.45, 2.75) is 0 Å². The maximum Gasteiger partial charge on any atom is 0.299 e. The molecule has 0 atom stereocenters. The zero-order valence-corrected chi connectivity index (χ0v) is 10.3. The van der Waals surface area contributed by atoms with Gasteiger partial charge < -0.3 is 10.2 Å². The minimum Gasteiger partial charge on any atom is -0.371 e. The van der Waals surface area contributed by atoms with Crippen LogP contribution in [0.1, 0.15) is 0 Å². The molecule has 0 saturated heterocycles. The molecule has 0 unspecified atom stereocenters. The molecule has 1 rings (SSSR count). The summed E-state index contributed by atoms with van der Waals surface area (Å²) in [5.74, 6) is -0.271. The van der Waals surface area contributed by atoms with E-state index in [9.17, 15) is 25.0 Å². The van der Waals surface area contributed by atoms with E-state index in [1.165, 1.54) is 11.0 Å². The van der Waals surface area contributed by atoms with E-state index >= 15 is 0 Å². The summed E-state index contributed by atoms with van der Waals surface area (Å²) in [7, 11) is 3.10. The summed E-state index contributed by atoms with van der Waals surface area (Å²) in [6, 6.07) is 3.19. The standard InChI is InChI=1S/C10H12N4O5/c1-12(2)10(15)6-11-8-4-3-7(13(16)17)5-9(8)14(18)19/h3-5,11H,6H2,1-2H3. The van der Waals surface area contributed by atoms with Crippen molar-refractivity contribution in [1.29, 1.82) is 0 Å². The Hall–Kier alpha value is -2.71. The lowest BCUT2D eigenvalue weighted by Crippen LogP contribution is -2.28. The van der Waals surface area contributed by atoms with Gasteiger partial charge in [0.15, 0.2) is 0 Å². The molecule has 0 aliphatic carbocycles. The minimum atomic E-state index is -0.741. The average molecular weight is 268 g/mol. The molecule has 0 aliphatic rings. The molecule has 9 heteroatoms. The number of nitro groups is 2. The van der Waals surface area contributed by atoms with Gasteiger partial charge in [0.2, 0.25) is 5.91 Å². The molecule has 1 N–H and O–H groups in total. The Bertz CT molecular complexity index is 529. The van der Waals surface area contributed by atoms with Crippen molar-refractivity contribution in [1.82, 2.24) is 4.90 Å². The molecular weight excluding hydrogens is 256 g/mol. The number of nitrogens with zero attached hydrogens (tertiary/aromatic N) is 3. The Balaban J connectivity index is 2.98. The second-order valence-corrected chi connectivity index (χ2v) is 3.86. The number of hydrogen-bond acceptors (Lipinski definition) is 6. The summed E-state index contributed by atoms with van der Waals surface area (Å²) < 4.78 is 0. The van der Waals surface area contributed by atoms with Crippen LogP contribution in [0.25, 0.3) is 0 Å². The predicted molar refractivity (Wildman–Crippen MR) is 66.9 cm³/mol. The van der Waals surface area contributed by atoms with Crippen LogP contribution in [-0.2, 0) is 4.79 Å². The number of amides is 1. The van der Waals surface area contributed by atoms with Gasteiger partial charge in [-0.1, -0.05) is 0 Å². The maximum atomic E-state index is 11.4. The Morgan fingerprint density at radius 2 is 1.89 bits per heavy atom. The highest BCUT2D eigenvalue weighted by Crippen LogP contribution is 2.28. The first-order valence-corrected chi connectivity index (χ1v) is 5.19. The second-order valence-electron chi connectivity index (χ2n) is 3.86. The molecule has 1 amide bonds. The monoisotopic (exact) mass is 268 g/mol. The Kier molecular flexibility index (Phi) is 4.35. The zero-order valence-electron chi connectivity index (χ0n) is 10.3. The SMILES string of the molecule is CN(C)C(=O)CNc1ccc([N+](=O)[O-])cc1[N+](=O)[O-]. The number of nitro benzene ring substituents is 2. The predicted octanol–water partition coefficient (Wildman–Crippen LogP) is 1.00. The van der Waals surface area contributed by atoms with Crippen molar-refractivity contribution in [3.63, 3.8) is 0 Å². The minimum absolute atomic E-state index is 0.0609. The normalized spacial score (nSPS) is 9.79. The van der Waals surface area contributed by atoms with E-state index in [1.54, 1.807) is 14.1 Å². The summed E-state index contributed by atoms with van der Waals surface area (Å²) in [6.07, 6.45) is 0. The summed E-state index contributed by atoms with van der Waals surface area (Å²) >= 11 is 0. The highest BCUT2D eigenvalue weighted by molar-refractivity contribution is 5.81. The molecule has 1 aromatic rings. The van der Waals surface area contributed by atoms with E-state index in [0.717, 1.165) is 12.1 Å². The Labute approximate surface area is 108 Å². The highest BCUT2D eigenvalue weighted by Gasteiger charge is 2.19. The number of carbonyl (C=O) groups is 1. The van der Waals surface area contributed by atoms with E-state index in [0.29, 0.717) is 0 Å². The van der Waals surface area contributed by atoms with Crippen LogP contribution in [0.15, 0.2) is 18.2 Å². The molecule has 9 nitrogen and oxygen atoms in total. The zero-order chi connectivity index (χ0) is 14.6. The first kappa shape index (κ1) is 14.4. The van der Waals surface area contributed by atoms with Gasteiger partial charge in [0.1, 0.15) is 5.69 Å². The topological polar surface area (TPSA) is 119 Å². The molecule has 0 aliphatic heterocycles. The largest absolute Gasteiger partial charge is 0.371 e. The first-order chi connectivity index (χ1) is 8.82. The number of benzene rings is 1. The van der Waals surface area contributed by atoms with Gasteiger partial charge in [-0.3, -0.25) is 25.0 Å². The van der Waals surface area contributed by atoms with Crippen LogP contribution in [0.5, 0.6) is 0 Å². The lowest BCUT2D eigenvalue weighted by atomic mass is 10.2. The van der Waals surface area contributed by atoms with Crippen LogP contribution in [0.2, 0.25) is 0 Å². The van der Waals surface area contributed by atoms with Gasteiger partial charge in [-0.15, -0.1) is 0 Å². The molecular formula is C10H12N4O5. The maximum absolute atomic E-state index is 11.4. The van der Waals surface area contributed by atoms with E-state index in [1.807, 2.05) is 0 Å². The van der Waals surface area contributed by atoms with Crippen LogP contribution in [0, 0.1) is 20.2 Å². The molecule has 0 radical (unpaired) electrons. The Morgan fingerprint density at radius 1 is 1.26 bits per heavy atom. The van der Waals surface area contributed by atoms with E-state index < -0.39 is 15.5 Å². The van der Waals surface area contributed by atoms with Crippen molar-refractivity contribution >= 4 is 23.0 Å². The van der Waals surface area contributed by atoms with Gasteiger partial charge in [0.05, 0.1) is 22.5 Å². The number of likely N-dealkylation sites (N-methyl/N-ethyl adjacent to an activating group) is 1. The molecule has 0 fully saturated rings. The number of non-ortho nitro benzene ring substituents is 1. The highest BCUT2D eigenvalue weighted by atomic mass is 16.6. The lowest BCUT2D eigenvalue weighted by molar-refractivity contribution is -0.393. The first-order valence-electron chi connectivity index (χ1n) is 5.19. The third kappa shape index (κ3) is 3.63. The van der Waals surface area contributed by atoms with Gasteiger partial charge >= 0.3 is 0 Å². The fourth-order valence-electron chi connectivity index (χ4n) is 1.26. The molecule has 0 heterocycles. The van der Waals surface area contributed by atoms with Crippen molar-refractivity contribution in [3.8, 4) is 0 Å². The fraction of sp³-hybridized carbons (Fsp3) is 0.300. The average Bonchev–Trinajstić information content (AvgIpc) is 2.35. The lowest BCUT2D eigenvalue weighted by Gasteiger charge is -2.11. The smallest absolute Gasteiger partial charge is 0.299 e. The third-order valence-corrected chi connectivity index (χ3v) is 2.32. The second kappa shape index (κ2) is 5.76. The van der Waals surface area contributed by atoms with Crippen LogP contribution < -0.4 is 5.32 Å². The molecule has 19 heavy (non-hydrogen) atoms. The molecule has 0 saturated carbocycles. The molecule has 0 aromatic heterocycles. The van der Waals surface area contributed by atoms with Gasteiger partial charge in [0, 0.05) is 20.2 Å². The van der Waals surface area contributed by atoms with Gasteiger partial charge in [0.25, 0.3) is 11.4 Å². The summed E-state index contributed by atoms with van der Waals surface area (Å²) in [5.41, 5.74) is -0.761.